The van der Waals surface area contributed by atoms with Crippen molar-refractivity contribution in [1.29, 1.82) is 0 Å². The van der Waals surface area contributed by atoms with Gasteiger partial charge in [-0.2, -0.15) is 0 Å². The van der Waals surface area contributed by atoms with Crippen molar-refractivity contribution in [3.8, 4) is 0 Å². The van der Waals surface area contributed by atoms with E-state index in [4.69, 9.17) is 23.2 Å². The summed E-state index contributed by atoms with van der Waals surface area (Å²) in [5.74, 6) is -0.145. The van der Waals surface area contributed by atoms with Gasteiger partial charge in [0.1, 0.15) is 0 Å². The molecule has 0 atom stereocenters. The second-order valence-electron chi connectivity index (χ2n) is 11.1. The topological polar surface area (TPSA) is 81.7 Å². The number of nitrogens with one attached hydrogen (secondary N) is 2. The van der Waals surface area contributed by atoms with Gasteiger partial charge >= 0.3 is 0 Å². The third kappa shape index (κ3) is 7.31. The monoisotopic (exact) mass is 595 g/mol. The van der Waals surface area contributed by atoms with Crippen LogP contribution < -0.4 is 10.6 Å². The van der Waals surface area contributed by atoms with Crippen molar-refractivity contribution < 1.29 is 14.7 Å². The van der Waals surface area contributed by atoms with E-state index in [1.54, 1.807) is 48.5 Å². The van der Waals surface area contributed by atoms with Crippen LogP contribution >= 0.6 is 23.2 Å². The first-order valence-corrected chi connectivity index (χ1v) is 15.0. The number of carbonyl (C=O) groups is 2. The molecule has 1 heterocycles. The average Bonchev–Trinajstić information content (AvgIpc) is 2.96. The summed E-state index contributed by atoms with van der Waals surface area (Å²) in [5, 5.41) is 18.3. The molecule has 1 fully saturated rings. The molecule has 4 rings (SSSR count). The van der Waals surface area contributed by atoms with Gasteiger partial charge in [0.15, 0.2) is 5.60 Å². The van der Waals surface area contributed by atoms with E-state index in [9.17, 15) is 14.7 Å². The number of halogens is 2. The molecule has 1 saturated heterocycles. The fraction of sp³-hybridized carbons (Fsp3) is 0.394. The smallest absolute Gasteiger partial charge is 0.261 e. The molecular formula is C33H39Cl2N3O3. The molecule has 0 radical (unpaired) electrons. The van der Waals surface area contributed by atoms with Crippen LogP contribution in [-0.4, -0.2) is 48.0 Å². The zero-order valence-electron chi connectivity index (χ0n) is 23.9. The summed E-state index contributed by atoms with van der Waals surface area (Å²) in [6.07, 6.45) is 2.81. The van der Waals surface area contributed by atoms with E-state index in [-0.39, 0.29) is 33.0 Å². The average molecular weight is 597 g/mol. The molecule has 0 aromatic heterocycles. The first kappa shape index (κ1) is 31.0. The van der Waals surface area contributed by atoms with E-state index >= 15 is 0 Å². The highest BCUT2D eigenvalue weighted by atomic mass is 35.5. The summed E-state index contributed by atoms with van der Waals surface area (Å²) in [5.41, 5.74) is 1.97. The van der Waals surface area contributed by atoms with Crippen LogP contribution in [0.15, 0.2) is 66.7 Å². The minimum Gasteiger partial charge on any atom is -0.372 e. The van der Waals surface area contributed by atoms with Crippen LogP contribution in [0.3, 0.4) is 0 Å². The number of amides is 2. The van der Waals surface area contributed by atoms with Gasteiger partial charge in [-0.1, -0.05) is 79.5 Å². The largest absolute Gasteiger partial charge is 0.372 e. The van der Waals surface area contributed by atoms with E-state index in [2.05, 4.69) is 34.6 Å². The van der Waals surface area contributed by atoms with E-state index in [0.717, 1.165) is 44.6 Å². The lowest BCUT2D eigenvalue weighted by Crippen LogP contribution is -2.46. The van der Waals surface area contributed by atoms with Gasteiger partial charge in [-0.05, 0) is 87.1 Å². The SMILES string of the molecule is Cc1ccc(NC(=O)C(C)C)cc1C1CCN(CCCNC(=O)C(O)(c2ccccc2Cl)c2ccccc2Cl)CC1. The molecule has 218 valence electrons. The molecule has 3 aromatic rings. The molecule has 0 saturated carbocycles. The van der Waals surface area contributed by atoms with E-state index in [0.29, 0.717) is 12.5 Å². The molecule has 0 bridgehead atoms. The van der Waals surface area contributed by atoms with Gasteiger partial charge in [0.25, 0.3) is 5.91 Å². The lowest BCUT2D eigenvalue weighted by atomic mass is 9.85. The maximum Gasteiger partial charge on any atom is 0.261 e. The lowest BCUT2D eigenvalue weighted by Gasteiger charge is -2.33. The maximum absolute atomic E-state index is 13.5. The Labute approximate surface area is 253 Å². The summed E-state index contributed by atoms with van der Waals surface area (Å²) < 4.78 is 0. The number of nitrogens with zero attached hydrogens (tertiary/aromatic N) is 1. The zero-order valence-corrected chi connectivity index (χ0v) is 25.4. The number of aryl methyl sites for hydroxylation is 1. The summed E-state index contributed by atoms with van der Waals surface area (Å²) >= 11 is 12.8. The Bertz CT molecular complexity index is 1320. The number of aliphatic hydroxyl groups is 1. The summed E-state index contributed by atoms with van der Waals surface area (Å²) in [6.45, 7) is 9.09. The molecule has 41 heavy (non-hydrogen) atoms. The van der Waals surface area contributed by atoms with Crippen LogP contribution in [0.4, 0.5) is 5.69 Å². The van der Waals surface area contributed by atoms with E-state index in [1.807, 2.05) is 19.9 Å². The van der Waals surface area contributed by atoms with Gasteiger partial charge < -0.3 is 20.6 Å². The Morgan fingerprint density at radius 2 is 1.56 bits per heavy atom. The van der Waals surface area contributed by atoms with Crippen molar-refractivity contribution in [2.24, 2.45) is 5.92 Å². The van der Waals surface area contributed by atoms with E-state index < -0.39 is 11.5 Å². The zero-order chi connectivity index (χ0) is 29.6. The van der Waals surface area contributed by atoms with Crippen molar-refractivity contribution in [3.63, 3.8) is 0 Å². The van der Waals surface area contributed by atoms with Crippen LogP contribution in [0.1, 0.15) is 61.3 Å². The predicted molar refractivity (Wildman–Crippen MR) is 167 cm³/mol. The van der Waals surface area contributed by atoms with Crippen LogP contribution in [-0.2, 0) is 15.2 Å². The van der Waals surface area contributed by atoms with Crippen LogP contribution in [0.5, 0.6) is 0 Å². The third-order valence-electron chi connectivity index (χ3n) is 7.89. The van der Waals surface area contributed by atoms with Crippen LogP contribution in [0.2, 0.25) is 10.0 Å². The summed E-state index contributed by atoms with van der Waals surface area (Å²) in [7, 11) is 0. The molecule has 0 spiro atoms. The Morgan fingerprint density at radius 3 is 2.12 bits per heavy atom. The minimum atomic E-state index is -2.02. The predicted octanol–water partition coefficient (Wildman–Crippen LogP) is 6.52. The summed E-state index contributed by atoms with van der Waals surface area (Å²) in [6, 6.07) is 19.8. The van der Waals surface area contributed by atoms with Crippen LogP contribution in [0.25, 0.3) is 0 Å². The number of anilines is 1. The molecule has 0 unspecified atom stereocenters. The molecule has 2 amide bonds. The number of carbonyl (C=O) groups excluding carboxylic acids is 2. The number of hydrogen-bond acceptors (Lipinski definition) is 4. The highest BCUT2D eigenvalue weighted by molar-refractivity contribution is 6.33. The third-order valence-corrected chi connectivity index (χ3v) is 8.55. The Kier molecular flexibility index (Phi) is 10.5. The molecule has 3 N–H and O–H groups in total. The fourth-order valence-electron chi connectivity index (χ4n) is 5.44. The van der Waals surface area contributed by atoms with Gasteiger partial charge in [-0.3, -0.25) is 9.59 Å². The molecule has 1 aliphatic rings. The van der Waals surface area contributed by atoms with Gasteiger partial charge in [0.2, 0.25) is 5.91 Å². The second kappa shape index (κ2) is 13.8. The van der Waals surface area contributed by atoms with Crippen molar-refractivity contribution in [1.82, 2.24) is 10.2 Å². The first-order chi connectivity index (χ1) is 19.6. The minimum absolute atomic E-state index is 0.0267. The quantitative estimate of drug-likeness (QED) is 0.233. The Balaban J connectivity index is 1.32. The van der Waals surface area contributed by atoms with Crippen molar-refractivity contribution >= 4 is 40.7 Å². The number of piperidine rings is 1. The fourth-order valence-corrected chi connectivity index (χ4v) is 5.99. The highest BCUT2D eigenvalue weighted by Gasteiger charge is 2.42. The molecular weight excluding hydrogens is 557 g/mol. The van der Waals surface area contributed by atoms with Gasteiger partial charge in [0, 0.05) is 39.3 Å². The Hall–Kier alpha value is -2.90. The van der Waals surface area contributed by atoms with Gasteiger partial charge in [0.05, 0.1) is 0 Å². The number of hydrogen-bond donors (Lipinski definition) is 3. The van der Waals surface area contributed by atoms with E-state index in [1.165, 1.54) is 11.1 Å². The number of benzene rings is 3. The maximum atomic E-state index is 13.5. The van der Waals surface area contributed by atoms with Crippen molar-refractivity contribution in [3.05, 3.63) is 99.0 Å². The van der Waals surface area contributed by atoms with Crippen molar-refractivity contribution in [2.45, 2.75) is 51.6 Å². The van der Waals surface area contributed by atoms with Gasteiger partial charge in [-0.15, -0.1) is 0 Å². The lowest BCUT2D eigenvalue weighted by molar-refractivity contribution is -0.136. The standard InChI is InChI=1S/C33H39Cl2N3O3/c1-22(2)31(39)37-25-14-13-23(3)26(21-25)24-15-19-38(20-16-24)18-8-17-36-32(40)33(41,27-9-4-6-11-29(27)34)28-10-5-7-12-30(28)35/h4-7,9-14,21-22,24,41H,8,15-20H2,1-3H3,(H,36,40)(H,37,39). The number of likely N-dealkylation sites (tertiary alicyclic amines) is 1. The van der Waals surface area contributed by atoms with Crippen LogP contribution in [0, 0.1) is 12.8 Å². The molecule has 0 aliphatic carbocycles. The Morgan fingerprint density at radius 1 is 0.976 bits per heavy atom. The molecule has 6 nitrogen and oxygen atoms in total. The summed E-state index contributed by atoms with van der Waals surface area (Å²) in [4.78, 5) is 28.0. The molecule has 8 heteroatoms. The normalized spacial score (nSPS) is 14.7. The molecule has 1 aliphatic heterocycles. The van der Waals surface area contributed by atoms with Crippen molar-refractivity contribution in [2.75, 3.05) is 31.5 Å². The highest BCUT2D eigenvalue weighted by Crippen LogP contribution is 2.38. The molecule has 3 aromatic carbocycles. The second-order valence-corrected chi connectivity index (χ2v) is 11.9. The first-order valence-electron chi connectivity index (χ1n) is 14.3. The van der Waals surface area contributed by atoms with Gasteiger partial charge in [-0.25, -0.2) is 0 Å². The number of rotatable bonds is 10.